The quantitative estimate of drug-likeness (QED) is 0.813. The van der Waals surface area contributed by atoms with Crippen molar-refractivity contribution in [3.8, 4) is 0 Å². The van der Waals surface area contributed by atoms with Crippen LogP contribution in [0.1, 0.15) is 44.9 Å². The minimum absolute atomic E-state index is 0.535. The number of nitrogens with zero attached hydrogens (tertiary/aromatic N) is 4. The highest BCUT2D eigenvalue weighted by molar-refractivity contribution is 7.80. The molecule has 2 N–H and O–H groups in total. The van der Waals surface area contributed by atoms with E-state index in [0.717, 1.165) is 37.8 Å². The van der Waals surface area contributed by atoms with E-state index in [4.69, 9.17) is 22.2 Å². The predicted octanol–water partition coefficient (Wildman–Crippen LogP) is 2.52. The minimum Gasteiger partial charge on any atom is -0.360 e. The summed E-state index contributed by atoms with van der Waals surface area (Å²) in [7, 11) is 0. The van der Waals surface area contributed by atoms with Crippen LogP contribution in [0.4, 0.5) is 17.6 Å². The lowest BCUT2D eigenvalue weighted by Gasteiger charge is -2.29. The molecular weight excluding hydrogens is 320 g/mol. The Balaban J connectivity index is 1.55. The van der Waals surface area contributed by atoms with Crippen molar-refractivity contribution in [3.05, 3.63) is 6.07 Å². The van der Waals surface area contributed by atoms with Crippen LogP contribution < -0.4 is 20.4 Å². The van der Waals surface area contributed by atoms with Gasteiger partial charge in [-0.15, -0.1) is 0 Å². The van der Waals surface area contributed by atoms with Crippen LogP contribution in [0.5, 0.6) is 0 Å². The second-order valence-corrected chi connectivity index (χ2v) is 7.43. The molecule has 0 atom stereocenters. The zero-order chi connectivity index (χ0) is 16.4. The molecule has 1 saturated carbocycles. The van der Waals surface area contributed by atoms with E-state index in [1.165, 1.54) is 44.9 Å². The molecule has 3 aliphatic rings. The zero-order valence-electron chi connectivity index (χ0n) is 14.1. The normalized spacial score (nSPS) is 21.0. The maximum atomic E-state index is 5.40. The summed E-state index contributed by atoms with van der Waals surface area (Å²) >= 11 is 5.40. The number of anilines is 3. The van der Waals surface area contributed by atoms with Crippen molar-refractivity contribution in [3.63, 3.8) is 0 Å². The highest BCUT2D eigenvalue weighted by Gasteiger charge is 2.23. The number of thiocarbonyl (C=S) groups is 1. The van der Waals surface area contributed by atoms with E-state index in [0.29, 0.717) is 17.1 Å². The number of rotatable bonds is 4. The lowest BCUT2D eigenvalue weighted by molar-refractivity contribution is 0.573. The van der Waals surface area contributed by atoms with E-state index in [1.807, 2.05) is 0 Å². The Labute approximate surface area is 149 Å². The van der Waals surface area contributed by atoms with Crippen LogP contribution >= 0.6 is 12.2 Å². The maximum Gasteiger partial charge on any atom is 0.232 e. The van der Waals surface area contributed by atoms with Gasteiger partial charge in [-0.05, 0) is 57.2 Å². The second kappa shape index (κ2) is 7.09. The molecule has 6 nitrogen and oxygen atoms in total. The highest BCUT2D eigenvalue weighted by atomic mass is 32.1. The molecule has 2 aliphatic heterocycles. The molecule has 0 amide bonds. The molecule has 0 aromatic carbocycles. The number of nitrogens with one attached hydrogen (secondary N) is 2. The van der Waals surface area contributed by atoms with Crippen molar-refractivity contribution in [1.82, 2.24) is 15.3 Å². The summed E-state index contributed by atoms with van der Waals surface area (Å²) in [6, 6.07) is 2.69. The number of hydrogen-bond acceptors (Lipinski definition) is 5. The topological polar surface area (TPSA) is 56.3 Å². The molecule has 1 aromatic heterocycles. The highest BCUT2D eigenvalue weighted by Crippen LogP contribution is 2.26. The molecule has 3 fully saturated rings. The first-order valence-electron chi connectivity index (χ1n) is 9.24. The molecule has 0 unspecified atom stereocenters. The average molecular weight is 347 g/mol. The third-order valence-electron chi connectivity index (χ3n) is 4.95. The smallest absolute Gasteiger partial charge is 0.232 e. The number of aromatic nitrogens is 2. The minimum atomic E-state index is 0.535. The van der Waals surface area contributed by atoms with Crippen molar-refractivity contribution < 1.29 is 0 Å². The summed E-state index contributed by atoms with van der Waals surface area (Å²) in [5.41, 5.74) is 0. The fraction of sp³-hybridized carbons (Fsp3) is 0.706. The van der Waals surface area contributed by atoms with Crippen molar-refractivity contribution in [2.45, 2.75) is 51.0 Å². The summed E-state index contributed by atoms with van der Waals surface area (Å²) < 4.78 is 0. The Morgan fingerprint density at radius 1 is 0.917 bits per heavy atom. The molecule has 7 heteroatoms. The van der Waals surface area contributed by atoms with Crippen LogP contribution in [-0.4, -0.2) is 47.3 Å². The lowest BCUT2D eigenvalue weighted by Crippen LogP contribution is -2.33. The van der Waals surface area contributed by atoms with Crippen LogP contribution in [0.3, 0.4) is 0 Å². The summed E-state index contributed by atoms with van der Waals surface area (Å²) in [5, 5.41) is 7.14. The molecule has 1 aromatic rings. The zero-order valence-corrected chi connectivity index (χ0v) is 14.9. The van der Waals surface area contributed by atoms with Gasteiger partial charge < -0.3 is 20.4 Å². The second-order valence-electron chi connectivity index (χ2n) is 7.02. The summed E-state index contributed by atoms with van der Waals surface area (Å²) in [5.74, 6) is 2.68. The Kier molecular flexibility index (Phi) is 4.69. The molecular formula is C17H26N6S. The van der Waals surface area contributed by atoms with E-state index in [9.17, 15) is 0 Å². The van der Waals surface area contributed by atoms with Gasteiger partial charge >= 0.3 is 0 Å². The van der Waals surface area contributed by atoms with E-state index in [1.54, 1.807) is 0 Å². The molecule has 0 spiro atoms. The van der Waals surface area contributed by atoms with Gasteiger partial charge in [-0.25, -0.2) is 0 Å². The molecule has 0 radical (unpaired) electrons. The third kappa shape index (κ3) is 3.88. The summed E-state index contributed by atoms with van der Waals surface area (Å²) in [6.07, 6.45) is 8.70. The average Bonchev–Trinajstić information content (AvgIpc) is 3.24. The van der Waals surface area contributed by atoms with Gasteiger partial charge in [-0.1, -0.05) is 0 Å². The lowest BCUT2D eigenvalue weighted by atomic mass is 10.1. The fourth-order valence-corrected chi connectivity index (χ4v) is 3.68. The Hall–Kier alpha value is -1.63. The van der Waals surface area contributed by atoms with Gasteiger partial charge in [-0.2, -0.15) is 9.97 Å². The van der Waals surface area contributed by atoms with Crippen LogP contribution in [0, 0.1) is 0 Å². The molecule has 4 rings (SSSR count). The Bertz CT molecular complexity index is 591. The van der Waals surface area contributed by atoms with Crippen molar-refractivity contribution in [2.75, 3.05) is 41.3 Å². The van der Waals surface area contributed by atoms with Crippen LogP contribution in [0.15, 0.2) is 6.07 Å². The molecule has 2 saturated heterocycles. The van der Waals surface area contributed by atoms with Crippen molar-refractivity contribution in [1.29, 1.82) is 0 Å². The van der Waals surface area contributed by atoms with Crippen LogP contribution in [0.25, 0.3) is 0 Å². The summed E-state index contributed by atoms with van der Waals surface area (Å²) in [6.45, 7) is 4.34. The maximum absolute atomic E-state index is 5.40. The molecule has 0 bridgehead atoms. The van der Waals surface area contributed by atoms with E-state index < -0.39 is 0 Å². The molecule has 24 heavy (non-hydrogen) atoms. The van der Waals surface area contributed by atoms with Crippen LogP contribution in [-0.2, 0) is 0 Å². The Morgan fingerprint density at radius 2 is 1.46 bits per heavy atom. The first kappa shape index (κ1) is 15.9. The summed E-state index contributed by atoms with van der Waals surface area (Å²) in [4.78, 5) is 14.2. The van der Waals surface area contributed by atoms with Crippen LogP contribution in [0.2, 0.25) is 0 Å². The van der Waals surface area contributed by atoms with Gasteiger partial charge in [0.25, 0.3) is 0 Å². The van der Waals surface area contributed by atoms with Gasteiger partial charge in [0.15, 0.2) is 5.11 Å². The SMILES string of the molecule is S=C(Nc1nc(N2CCCCC2)cc(N2CCCC2)n1)NC1CC1. The van der Waals surface area contributed by atoms with E-state index in [-0.39, 0.29) is 0 Å². The van der Waals surface area contributed by atoms with Gasteiger partial charge in [-0.3, -0.25) is 0 Å². The fourth-order valence-electron chi connectivity index (χ4n) is 3.42. The Morgan fingerprint density at radius 3 is 2.00 bits per heavy atom. The number of hydrogen-bond donors (Lipinski definition) is 2. The molecule has 3 heterocycles. The first-order chi connectivity index (χ1) is 11.8. The molecule has 130 valence electrons. The van der Waals surface area contributed by atoms with E-state index >= 15 is 0 Å². The monoisotopic (exact) mass is 346 g/mol. The molecule has 1 aliphatic carbocycles. The van der Waals surface area contributed by atoms with Crippen molar-refractivity contribution in [2.24, 2.45) is 0 Å². The van der Waals surface area contributed by atoms with E-state index in [2.05, 4.69) is 26.5 Å². The van der Waals surface area contributed by atoms with Gasteiger partial charge in [0.1, 0.15) is 11.6 Å². The third-order valence-corrected chi connectivity index (χ3v) is 5.17. The van der Waals surface area contributed by atoms with Gasteiger partial charge in [0.05, 0.1) is 0 Å². The number of piperidine rings is 1. The van der Waals surface area contributed by atoms with Gasteiger partial charge in [0, 0.05) is 38.3 Å². The van der Waals surface area contributed by atoms with Gasteiger partial charge in [0.2, 0.25) is 5.95 Å². The standard InChI is InChI=1S/C17H26N6S/c24-17(18-13-6-7-13)21-16-19-14(22-8-2-1-3-9-22)12-15(20-16)23-10-4-5-11-23/h12-13H,1-11H2,(H2,18,19,20,21,24). The first-order valence-corrected chi connectivity index (χ1v) is 9.65. The predicted molar refractivity (Wildman–Crippen MR) is 102 cm³/mol. The van der Waals surface area contributed by atoms with Crippen molar-refractivity contribution >= 4 is 34.9 Å². The largest absolute Gasteiger partial charge is 0.360 e.